The topological polar surface area (TPSA) is 110 Å². The van der Waals surface area contributed by atoms with Gasteiger partial charge in [-0.2, -0.15) is 0 Å². The Morgan fingerprint density at radius 3 is 2.96 bits per heavy atom. The van der Waals surface area contributed by atoms with E-state index < -0.39 is 6.10 Å². The molecule has 0 bridgehead atoms. The van der Waals surface area contributed by atoms with Crippen molar-refractivity contribution >= 4 is 5.91 Å². The van der Waals surface area contributed by atoms with Crippen LogP contribution >= 0.6 is 0 Å². The number of carbonyl (C=O) groups excluding carboxylic acids is 1. The van der Waals surface area contributed by atoms with E-state index in [0.717, 1.165) is 5.56 Å². The molecule has 3 aromatic rings. The van der Waals surface area contributed by atoms with Crippen molar-refractivity contribution in [3.05, 3.63) is 54.1 Å². The summed E-state index contributed by atoms with van der Waals surface area (Å²) in [6, 6.07) is 3.52. The number of nitrogens with zero attached hydrogens (tertiary/aromatic N) is 6. The van der Waals surface area contributed by atoms with Crippen molar-refractivity contribution in [2.75, 3.05) is 6.54 Å². The van der Waals surface area contributed by atoms with Crippen molar-refractivity contribution in [3.8, 4) is 5.82 Å². The predicted octanol–water partition coefficient (Wildman–Crippen LogP) is 0.446. The van der Waals surface area contributed by atoms with Crippen molar-refractivity contribution in [3.63, 3.8) is 0 Å². The number of pyridine rings is 1. The lowest BCUT2D eigenvalue weighted by Crippen LogP contribution is -2.60. The lowest BCUT2D eigenvalue weighted by molar-refractivity contribution is -0.0360. The van der Waals surface area contributed by atoms with E-state index in [-0.39, 0.29) is 17.6 Å². The molecular weight excluding hydrogens is 324 g/mol. The molecule has 9 nitrogen and oxygen atoms in total. The fourth-order valence-electron chi connectivity index (χ4n) is 2.66. The normalized spacial score (nSPS) is 19.7. The molecule has 9 heteroatoms. The molecule has 128 valence electrons. The number of carbonyl (C=O) groups is 1. The molecule has 1 amide bonds. The maximum absolute atomic E-state index is 12.3. The Balaban J connectivity index is 1.43. The minimum Gasteiger partial charge on any atom is -0.448 e. The molecule has 4 heterocycles. The van der Waals surface area contributed by atoms with Gasteiger partial charge in [-0.15, -0.1) is 5.10 Å². The second-order valence-electron chi connectivity index (χ2n) is 5.94. The minimum absolute atomic E-state index is 0.193. The number of amides is 1. The van der Waals surface area contributed by atoms with Crippen LogP contribution < -0.4 is 0 Å². The van der Waals surface area contributed by atoms with Gasteiger partial charge in [0.15, 0.2) is 17.4 Å². The fraction of sp³-hybridized carbons (Fsp3) is 0.312. The zero-order chi connectivity index (χ0) is 17.4. The standard InChI is InChI=1S/C16H16N6O3/c1-10-13(23)8-21(10)16(24)12-9-25-15(19-12)6-11-2-3-14(17-7-11)22-5-4-18-20-22/h2-5,7,9-10,13,23H,6,8H2,1H3/t10-,13-/m0/s1. The van der Waals surface area contributed by atoms with Crippen LogP contribution in [0.1, 0.15) is 28.9 Å². The first kappa shape index (κ1) is 15.5. The highest BCUT2D eigenvalue weighted by molar-refractivity contribution is 5.92. The third-order valence-corrected chi connectivity index (χ3v) is 4.29. The Bertz CT molecular complexity index is 874. The van der Waals surface area contributed by atoms with E-state index in [1.165, 1.54) is 6.26 Å². The number of β-amino-alcohol motifs (C(OH)–C–C–N with tert-alkyl or cyclic N) is 1. The number of hydrogen-bond donors (Lipinski definition) is 1. The van der Waals surface area contributed by atoms with Crippen molar-refractivity contribution in [1.82, 2.24) is 29.9 Å². The maximum Gasteiger partial charge on any atom is 0.276 e. The van der Waals surface area contributed by atoms with Gasteiger partial charge in [0.1, 0.15) is 6.26 Å². The van der Waals surface area contributed by atoms with E-state index >= 15 is 0 Å². The van der Waals surface area contributed by atoms with Gasteiger partial charge in [0.25, 0.3) is 5.91 Å². The Labute approximate surface area is 142 Å². The van der Waals surface area contributed by atoms with E-state index in [0.29, 0.717) is 24.7 Å². The van der Waals surface area contributed by atoms with Crippen LogP contribution in [0.4, 0.5) is 0 Å². The highest BCUT2D eigenvalue weighted by atomic mass is 16.3. The molecule has 1 fully saturated rings. The lowest BCUT2D eigenvalue weighted by atomic mass is 10.0. The number of aliphatic hydroxyl groups is 1. The van der Waals surface area contributed by atoms with Crippen molar-refractivity contribution in [1.29, 1.82) is 0 Å². The van der Waals surface area contributed by atoms with Gasteiger partial charge < -0.3 is 14.4 Å². The van der Waals surface area contributed by atoms with E-state index in [9.17, 15) is 9.90 Å². The smallest absolute Gasteiger partial charge is 0.276 e. The summed E-state index contributed by atoms with van der Waals surface area (Å²) in [6.45, 7) is 2.13. The Morgan fingerprint density at radius 1 is 1.44 bits per heavy atom. The molecule has 0 aliphatic carbocycles. The molecule has 3 aromatic heterocycles. The number of aliphatic hydroxyl groups excluding tert-OH is 1. The summed E-state index contributed by atoms with van der Waals surface area (Å²) in [5.74, 6) is 0.870. The molecule has 1 saturated heterocycles. The number of aromatic nitrogens is 5. The summed E-state index contributed by atoms with van der Waals surface area (Å²) in [6.07, 6.45) is 6.31. The van der Waals surface area contributed by atoms with E-state index in [2.05, 4.69) is 20.3 Å². The second kappa shape index (κ2) is 6.10. The first-order chi connectivity index (χ1) is 12.1. The monoisotopic (exact) mass is 340 g/mol. The van der Waals surface area contributed by atoms with Gasteiger partial charge in [-0.1, -0.05) is 11.3 Å². The van der Waals surface area contributed by atoms with Gasteiger partial charge in [-0.25, -0.2) is 14.6 Å². The number of oxazole rings is 1. The molecule has 4 rings (SSSR count). The van der Waals surface area contributed by atoms with Gasteiger partial charge in [-0.05, 0) is 18.6 Å². The molecule has 25 heavy (non-hydrogen) atoms. The van der Waals surface area contributed by atoms with Crippen LogP contribution in [0.5, 0.6) is 0 Å². The Hall–Kier alpha value is -3.07. The highest BCUT2D eigenvalue weighted by Gasteiger charge is 2.38. The number of rotatable bonds is 4. The quantitative estimate of drug-likeness (QED) is 0.734. The Morgan fingerprint density at radius 2 is 2.32 bits per heavy atom. The summed E-state index contributed by atoms with van der Waals surface area (Å²) < 4.78 is 6.96. The molecule has 1 N–H and O–H groups in total. The fourth-order valence-corrected chi connectivity index (χ4v) is 2.66. The van der Waals surface area contributed by atoms with Gasteiger partial charge in [0, 0.05) is 12.7 Å². The Kier molecular flexibility index (Phi) is 3.77. The second-order valence-corrected chi connectivity index (χ2v) is 5.94. The third-order valence-electron chi connectivity index (χ3n) is 4.29. The van der Waals surface area contributed by atoms with Crippen molar-refractivity contribution in [2.45, 2.75) is 25.5 Å². The average Bonchev–Trinajstić information content (AvgIpc) is 3.31. The number of hydrogen-bond acceptors (Lipinski definition) is 7. The average molecular weight is 340 g/mol. The highest BCUT2D eigenvalue weighted by Crippen LogP contribution is 2.21. The van der Waals surface area contributed by atoms with Gasteiger partial charge in [0.05, 0.1) is 31.0 Å². The molecular formula is C16H16N6O3. The number of likely N-dealkylation sites (tertiary alicyclic amines) is 1. The first-order valence-corrected chi connectivity index (χ1v) is 7.87. The molecule has 0 unspecified atom stereocenters. The maximum atomic E-state index is 12.3. The third kappa shape index (κ3) is 2.89. The molecule has 2 atom stereocenters. The lowest BCUT2D eigenvalue weighted by Gasteiger charge is -2.42. The van der Waals surface area contributed by atoms with Crippen LogP contribution in [-0.2, 0) is 6.42 Å². The summed E-state index contributed by atoms with van der Waals surface area (Å²) >= 11 is 0. The van der Waals surface area contributed by atoms with Crippen LogP contribution in [-0.4, -0.2) is 59.6 Å². The molecule has 0 spiro atoms. The molecule has 0 aromatic carbocycles. The van der Waals surface area contributed by atoms with Crippen LogP contribution in [0.25, 0.3) is 5.82 Å². The summed E-state index contributed by atoms with van der Waals surface area (Å²) in [4.78, 5) is 22.4. The molecule has 0 saturated carbocycles. The summed E-state index contributed by atoms with van der Waals surface area (Å²) in [5, 5.41) is 17.1. The van der Waals surface area contributed by atoms with Crippen LogP contribution in [0, 0.1) is 0 Å². The van der Waals surface area contributed by atoms with Gasteiger partial charge in [0.2, 0.25) is 0 Å². The summed E-state index contributed by atoms with van der Waals surface area (Å²) in [7, 11) is 0. The van der Waals surface area contributed by atoms with Crippen molar-refractivity contribution < 1.29 is 14.3 Å². The SMILES string of the molecule is C[C@H]1[C@@H](O)CN1C(=O)c1coc(Cc2ccc(-n3ccnn3)nc2)n1. The molecule has 1 aliphatic rings. The zero-order valence-electron chi connectivity index (χ0n) is 13.5. The van der Waals surface area contributed by atoms with Gasteiger partial charge in [-0.3, -0.25) is 4.79 Å². The van der Waals surface area contributed by atoms with Crippen LogP contribution in [0.3, 0.4) is 0 Å². The largest absolute Gasteiger partial charge is 0.448 e. The summed E-state index contributed by atoms with van der Waals surface area (Å²) in [5.41, 5.74) is 1.15. The first-order valence-electron chi connectivity index (χ1n) is 7.87. The van der Waals surface area contributed by atoms with Crippen molar-refractivity contribution in [2.24, 2.45) is 0 Å². The predicted molar refractivity (Wildman–Crippen MR) is 85.0 cm³/mol. The van der Waals surface area contributed by atoms with Crippen LogP contribution in [0.15, 0.2) is 41.4 Å². The van der Waals surface area contributed by atoms with Gasteiger partial charge >= 0.3 is 0 Å². The van der Waals surface area contributed by atoms with E-state index in [4.69, 9.17) is 4.42 Å². The van der Waals surface area contributed by atoms with E-state index in [1.54, 1.807) is 35.1 Å². The minimum atomic E-state index is -0.468. The molecule has 0 radical (unpaired) electrons. The molecule has 1 aliphatic heterocycles. The zero-order valence-corrected chi connectivity index (χ0v) is 13.5. The van der Waals surface area contributed by atoms with E-state index in [1.807, 2.05) is 12.1 Å². The van der Waals surface area contributed by atoms with Crippen LogP contribution in [0.2, 0.25) is 0 Å².